The Kier molecular flexibility index (Phi) is 3.19. The van der Waals surface area contributed by atoms with Crippen molar-refractivity contribution >= 4 is 5.97 Å². The van der Waals surface area contributed by atoms with Gasteiger partial charge in [-0.3, -0.25) is 4.79 Å². The van der Waals surface area contributed by atoms with Crippen LogP contribution in [0, 0.1) is 0 Å². The largest absolute Gasteiger partial charge is 0.462 e. The summed E-state index contributed by atoms with van der Waals surface area (Å²) in [4.78, 5) is 10.3. The lowest BCUT2D eigenvalue weighted by Crippen LogP contribution is -2.20. The fourth-order valence-electron chi connectivity index (χ4n) is 0.311. The molecule has 0 aromatic rings. The van der Waals surface area contributed by atoms with Crippen LogP contribution in [0.1, 0.15) is 15.3 Å². The van der Waals surface area contributed by atoms with Gasteiger partial charge in [-0.15, -0.1) is 0 Å². The topological polar surface area (TPSA) is 52.3 Å². The highest BCUT2D eigenvalue weighted by molar-refractivity contribution is 5.71. The Labute approximate surface area is 50.3 Å². The SMILES string of the molecule is CC(C)OC(=O)CN.[HH]. The van der Waals surface area contributed by atoms with E-state index in [4.69, 9.17) is 5.73 Å². The molecule has 3 nitrogen and oxygen atoms in total. The van der Waals surface area contributed by atoms with Crippen molar-refractivity contribution in [1.82, 2.24) is 0 Å². The molecule has 0 fully saturated rings. The van der Waals surface area contributed by atoms with E-state index in [0.29, 0.717) is 0 Å². The van der Waals surface area contributed by atoms with Gasteiger partial charge in [0, 0.05) is 1.43 Å². The molecule has 0 rings (SSSR count). The summed E-state index contributed by atoms with van der Waals surface area (Å²) in [5.74, 6) is -0.347. The summed E-state index contributed by atoms with van der Waals surface area (Å²) >= 11 is 0. The lowest BCUT2D eigenvalue weighted by Gasteiger charge is -2.04. The Bertz CT molecular complexity index is 85.0. The van der Waals surface area contributed by atoms with Crippen LogP contribution in [0.15, 0.2) is 0 Å². The van der Waals surface area contributed by atoms with E-state index in [-0.39, 0.29) is 20.0 Å². The quantitative estimate of drug-likeness (QED) is 0.526. The number of hydrogen-bond acceptors (Lipinski definition) is 3. The Morgan fingerprint density at radius 3 is 2.50 bits per heavy atom. The van der Waals surface area contributed by atoms with Crippen LogP contribution in [-0.4, -0.2) is 18.6 Å². The van der Waals surface area contributed by atoms with Crippen molar-refractivity contribution in [3.05, 3.63) is 0 Å². The minimum atomic E-state index is -0.347. The number of carbonyl (C=O) groups excluding carboxylic acids is 1. The van der Waals surface area contributed by atoms with Crippen LogP contribution in [0.5, 0.6) is 0 Å². The summed E-state index contributed by atoms with van der Waals surface area (Å²) in [6.07, 6.45) is -0.0500. The molecule has 0 aliphatic heterocycles. The average Bonchev–Trinajstić information content (AvgIpc) is 1.65. The van der Waals surface area contributed by atoms with Crippen molar-refractivity contribution in [3.8, 4) is 0 Å². The normalized spacial score (nSPS) is 9.50. The Morgan fingerprint density at radius 1 is 1.88 bits per heavy atom. The van der Waals surface area contributed by atoms with Gasteiger partial charge in [0.05, 0.1) is 12.6 Å². The smallest absolute Gasteiger partial charge is 0.319 e. The molecule has 0 heterocycles. The first-order chi connectivity index (χ1) is 3.66. The van der Waals surface area contributed by atoms with Crippen LogP contribution in [0.2, 0.25) is 0 Å². The molecule has 0 unspecified atom stereocenters. The summed E-state index contributed by atoms with van der Waals surface area (Å²) in [7, 11) is 0. The fraction of sp³-hybridized carbons (Fsp3) is 0.800. The summed E-state index contributed by atoms with van der Waals surface area (Å²) in [5, 5.41) is 0. The van der Waals surface area contributed by atoms with E-state index in [1.165, 1.54) is 0 Å². The number of hydrogen-bond donors (Lipinski definition) is 1. The van der Waals surface area contributed by atoms with Crippen molar-refractivity contribution in [2.75, 3.05) is 6.54 Å². The number of esters is 1. The number of carbonyl (C=O) groups is 1. The highest BCUT2D eigenvalue weighted by Gasteiger charge is 1.99. The zero-order valence-corrected chi connectivity index (χ0v) is 5.18. The van der Waals surface area contributed by atoms with Crippen molar-refractivity contribution < 1.29 is 11.0 Å². The zero-order chi connectivity index (χ0) is 6.57. The molecule has 0 bridgehead atoms. The van der Waals surface area contributed by atoms with Gasteiger partial charge in [-0.25, -0.2) is 0 Å². The molecule has 8 heavy (non-hydrogen) atoms. The second kappa shape index (κ2) is 3.43. The van der Waals surface area contributed by atoms with Crippen LogP contribution in [-0.2, 0) is 9.53 Å². The van der Waals surface area contributed by atoms with Crippen LogP contribution in [0.3, 0.4) is 0 Å². The van der Waals surface area contributed by atoms with Gasteiger partial charge in [0.2, 0.25) is 0 Å². The van der Waals surface area contributed by atoms with Gasteiger partial charge in [-0.05, 0) is 13.8 Å². The first kappa shape index (κ1) is 7.43. The molecule has 0 atom stereocenters. The second-order valence-electron chi connectivity index (χ2n) is 1.74. The van der Waals surface area contributed by atoms with Crippen molar-refractivity contribution in [2.45, 2.75) is 20.0 Å². The summed E-state index contributed by atoms with van der Waals surface area (Å²) in [6, 6.07) is 0. The maximum atomic E-state index is 10.3. The molecular formula is C5H13NO2. The van der Waals surface area contributed by atoms with Gasteiger partial charge >= 0.3 is 5.97 Å². The van der Waals surface area contributed by atoms with Crippen molar-refractivity contribution in [2.24, 2.45) is 5.73 Å². The predicted octanol–water partition coefficient (Wildman–Crippen LogP) is 0.143. The van der Waals surface area contributed by atoms with Gasteiger partial charge in [0.1, 0.15) is 0 Å². The molecule has 0 aliphatic carbocycles. The highest BCUT2D eigenvalue weighted by atomic mass is 16.5. The minimum absolute atomic E-state index is 0. The number of rotatable bonds is 2. The van der Waals surface area contributed by atoms with Crippen LogP contribution >= 0.6 is 0 Å². The third-order valence-electron chi connectivity index (χ3n) is 0.534. The van der Waals surface area contributed by atoms with E-state index in [2.05, 4.69) is 4.74 Å². The maximum Gasteiger partial charge on any atom is 0.319 e. The zero-order valence-electron chi connectivity index (χ0n) is 5.18. The fourth-order valence-corrected chi connectivity index (χ4v) is 0.311. The molecule has 0 aromatic carbocycles. The molecule has 2 N–H and O–H groups in total. The number of ether oxygens (including phenoxy) is 1. The molecular weight excluding hydrogens is 106 g/mol. The molecule has 0 radical (unpaired) electrons. The lowest BCUT2D eigenvalue weighted by molar-refractivity contribution is -0.145. The highest BCUT2D eigenvalue weighted by Crippen LogP contribution is 1.85. The molecule has 0 aromatic heterocycles. The molecule has 0 saturated heterocycles. The standard InChI is InChI=1S/C5H11NO2.H2/c1-4(2)8-5(7)3-6;/h4H,3,6H2,1-2H3;1H. The van der Waals surface area contributed by atoms with Gasteiger partial charge in [-0.2, -0.15) is 0 Å². The summed E-state index contributed by atoms with van der Waals surface area (Å²) in [6.45, 7) is 3.54. The van der Waals surface area contributed by atoms with Crippen LogP contribution in [0.4, 0.5) is 0 Å². The molecule has 3 heteroatoms. The third-order valence-corrected chi connectivity index (χ3v) is 0.534. The van der Waals surface area contributed by atoms with Gasteiger partial charge in [0.15, 0.2) is 0 Å². The van der Waals surface area contributed by atoms with E-state index in [1.807, 2.05) is 0 Å². The van der Waals surface area contributed by atoms with Gasteiger partial charge < -0.3 is 10.5 Å². The summed E-state index contributed by atoms with van der Waals surface area (Å²) in [5.41, 5.74) is 4.95. The molecule has 0 aliphatic rings. The van der Waals surface area contributed by atoms with Crippen molar-refractivity contribution in [3.63, 3.8) is 0 Å². The second-order valence-corrected chi connectivity index (χ2v) is 1.74. The molecule has 50 valence electrons. The molecule has 0 saturated carbocycles. The molecule has 0 amide bonds. The molecule has 0 spiro atoms. The van der Waals surface area contributed by atoms with Crippen LogP contribution < -0.4 is 5.73 Å². The summed E-state index contributed by atoms with van der Waals surface area (Å²) < 4.78 is 4.64. The first-order valence-corrected chi connectivity index (χ1v) is 2.56. The van der Waals surface area contributed by atoms with Gasteiger partial charge in [-0.1, -0.05) is 0 Å². The van der Waals surface area contributed by atoms with Gasteiger partial charge in [0.25, 0.3) is 0 Å². The first-order valence-electron chi connectivity index (χ1n) is 2.56. The Hall–Kier alpha value is -0.570. The Balaban J connectivity index is 0. The van der Waals surface area contributed by atoms with Crippen molar-refractivity contribution in [1.29, 1.82) is 0 Å². The van der Waals surface area contributed by atoms with E-state index in [0.717, 1.165) is 0 Å². The Morgan fingerprint density at radius 2 is 2.38 bits per heavy atom. The minimum Gasteiger partial charge on any atom is -0.462 e. The van der Waals surface area contributed by atoms with E-state index >= 15 is 0 Å². The predicted molar refractivity (Wildman–Crippen MR) is 32.4 cm³/mol. The lowest BCUT2D eigenvalue weighted by atomic mass is 10.5. The third kappa shape index (κ3) is 3.61. The van der Waals surface area contributed by atoms with Crippen LogP contribution in [0.25, 0.3) is 0 Å². The average molecular weight is 119 g/mol. The van der Waals surface area contributed by atoms with E-state index in [9.17, 15) is 4.79 Å². The van der Waals surface area contributed by atoms with E-state index in [1.54, 1.807) is 13.8 Å². The van der Waals surface area contributed by atoms with E-state index < -0.39 is 0 Å². The monoisotopic (exact) mass is 119 g/mol. The number of nitrogens with two attached hydrogens (primary N) is 1. The maximum absolute atomic E-state index is 10.3.